The van der Waals surface area contributed by atoms with Crippen LogP contribution in [0.15, 0.2) is 33.3 Å². The molecule has 2 N–H and O–H groups in total. The van der Waals surface area contributed by atoms with Crippen molar-refractivity contribution in [2.24, 2.45) is 0 Å². The standard InChI is InChI=1S/C13H13BrN4O2/c14-8-3-5-9(6-4-8)16-12(19)11-17-13(20-18-11)10-2-1-7-15-10/h3-6,10,15H,1-2,7H2,(H,16,19). The van der Waals surface area contributed by atoms with Crippen molar-refractivity contribution in [3.63, 3.8) is 0 Å². The maximum Gasteiger partial charge on any atom is 0.297 e. The highest BCUT2D eigenvalue weighted by Crippen LogP contribution is 2.21. The Morgan fingerprint density at radius 3 is 2.90 bits per heavy atom. The summed E-state index contributed by atoms with van der Waals surface area (Å²) < 4.78 is 6.08. The van der Waals surface area contributed by atoms with Gasteiger partial charge in [-0.15, -0.1) is 0 Å². The molecule has 20 heavy (non-hydrogen) atoms. The van der Waals surface area contributed by atoms with Crippen LogP contribution < -0.4 is 10.6 Å². The van der Waals surface area contributed by atoms with Crippen LogP contribution in [-0.4, -0.2) is 22.6 Å². The minimum atomic E-state index is -0.375. The number of carbonyl (C=O) groups excluding carboxylic acids is 1. The molecular formula is C13H13BrN4O2. The molecule has 104 valence electrons. The minimum absolute atomic E-state index is 0.0524. The fourth-order valence-corrected chi connectivity index (χ4v) is 2.35. The molecule has 0 aliphatic carbocycles. The Balaban J connectivity index is 1.69. The molecule has 2 aromatic rings. The van der Waals surface area contributed by atoms with Crippen molar-refractivity contribution in [2.75, 3.05) is 11.9 Å². The first-order valence-electron chi connectivity index (χ1n) is 6.36. The second-order valence-electron chi connectivity index (χ2n) is 4.57. The largest absolute Gasteiger partial charge is 0.337 e. The van der Waals surface area contributed by atoms with Crippen molar-refractivity contribution in [3.05, 3.63) is 40.5 Å². The fourth-order valence-electron chi connectivity index (χ4n) is 2.08. The molecule has 0 bridgehead atoms. The Hall–Kier alpha value is -1.73. The molecule has 2 heterocycles. The summed E-state index contributed by atoms with van der Waals surface area (Å²) in [5, 5.41) is 9.70. The summed E-state index contributed by atoms with van der Waals surface area (Å²) in [5.41, 5.74) is 0.684. The van der Waals surface area contributed by atoms with Crippen LogP contribution in [0.5, 0.6) is 0 Å². The van der Waals surface area contributed by atoms with Gasteiger partial charge in [0, 0.05) is 10.2 Å². The zero-order chi connectivity index (χ0) is 13.9. The lowest BCUT2D eigenvalue weighted by molar-refractivity contribution is 0.101. The molecule has 1 unspecified atom stereocenters. The molecule has 1 aromatic carbocycles. The Morgan fingerprint density at radius 2 is 2.20 bits per heavy atom. The van der Waals surface area contributed by atoms with Crippen LogP contribution in [0.3, 0.4) is 0 Å². The van der Waals surface area contributed by atoms with Crippen LogP contribution in [0.25, 0.3) is 0 Å². The molecule has 7 heteroatoms. The number of carbonyl (C=O) groups is 1. The number of anilines is 1. The first kappa shape index (κ1) is 13.3. The molecule has 0 saturated carbocycles. The van der Waals surface area contributed by atoms with E-state index in [0.717, 1.165) is 23.9 Å². The lowest BCUT2D eigenvalue weighted by atomic mass is 10.2. The highest BCUT2D eigenvalue weighted by Gasteiger charge is 2.24. The zero-order valence-electron chi connectivity index (χ0n) is 10.6. The molecule has 1 amide bonds. The quantitative estimate of drug-likeness (QED) is 0.900. The van der Waals surface area contributed by atoms with Gasteiger partial charge in [-0.1, -0.05) is 21.1 Å². The molecule has 1 aliphatic heterocycles. The Morgan fingerprint density at radius 1 is 1.40 bits per heavy atom. The fraction of sp³-hybridized carbons (Fsp3) is 0.308. The third-order valence-electron chi connectivity index (χ3n) is 3.11. The van der Waals surface area contributed by atoms with Gasteiger partial charge in [-0.3, -0.25) is 4.79 Å². The Labute approximate surface area is 124 Å². The summed E-state index contributed by atoms with van der Waals surface area (Å²) in [7, 11) is 0. The minimum Gasteiger partial charge on any atom is -0.337 e. The molecule has 0 radical (unpaired) electrons. The summed E-state index contributed by atoms with van der Waals surface area (Å²) in [6.45, 7) is 0.938. The third-order valence-corrected chi connectivity index (χ3v) is 3.63. The first-order valence-corrected chi connectivity index (χ1v) is 7.15. The van der Waals surface area contributed by atoms with E-state index < -0.39 is 0 Å². The number of amides is 1. The van der Waals surface area contributed by atoms with Crippen LogP contribution in [0.4, 0.5) is 5.69 Å². The molecule has 1 aromatic heterocycles. The normalized spacial score (nSPS) is 18.1. The number of nitrogens with one attached hydrogen (secondary N) is 2. The van der Waals surface area contributed by atoms with Crippen molar-refractivity contribution in [1.29, 1.82) is 0 Å². The van der Waals surface area contributed by atoms with Gasteiger partial charge < -0.3 is 15.2 Å². The average molecular weight is 337 g/mol. The van der Waals surface area contributed by atoms with Gasteiger partial charge in [-0.25, -0.2) is 0 Å². The maximum atomic E-state index is 12.0. The lowest BCUT2D eigenvalue weighted by Gasteiger charge is -2.02. The van der Waals surface area contributed by atoms with E-state index in [1.165, 1.54) is 0 Å². The molecule has 1 atom stereocenters. The first-order chi connectivity index (χ1) is 9.72. The Bertz CT molecular complexity index is 605. The number of halogens is 1. The van der Waals surface area contributed by atoms with E-state index in [9.17, 15) is 4.79 Å². The van der Waals surface area contributed by atoms with Crippen LogP contribution in [-0.2, 0) is 0 Å². The third kappa shape index (κ3) is 2.88. The topological polar surface area (TPSA) is 80.0 Å². The van der Waals surface area contributed by atoms with Crippen molar-refractivity contribution in [1.82, 2.24) is 15.5 Å². The summed E-state index contributed by atoms with van der Waals surface area (Å²) in [4.78, 5) is 16.1. The molecular weight excluding hydrogens is 324 g/mol. The lowest BCUT2D eigenvalue weighted by Crippen LogP contribution is -2.15. The number of hydrogen-bond donors (Lipinski definition) is 2. The molecule has 0 spiro atoms. The summed E-state index contributed by atoms with van der Waals surface area (Å²) in [6.07, 6.45) is 2.03. The molecule has 1 fully saturated rings. The second-order valence-corrected chi connectivity index (χ2v) is 5.48. The number of rotatable bonds is 3. The summed E-state index contributed by atoms with van der Waals surface area (Å²) >= 11 is 3.34. The van der Waals surface area contributed by atoms with Gasteiger partial charge in [0.15, 0.2) is 0 Å². The van der Waals surface area contributed by atoms with Crippen LogP contribution >= 0.6 is 15.9 Å². The summed E-state index contributed by atoms with van der Waals surface area (Å²) in [5.74, 6) is 0.153. The molecule has 1 saturated heterocycles. The molecule has 1 aliphatic rings. The van der Waals surface area contributed by atoms with Crippen LogP contribution in [0, 0.1) is 0 Å². The highest BCUT2D eigenvalue weighted by molar-refractivity contribution is 9.10. The van der Waals surface area contributed by atoms with E-state index in [1.54, 1.807) is 12.1 Å². The van der Waals surface area contributed by atoms with E-state index in [0.29, 0.717) is 11.6 Å². The predicted molar refractivity (Wildman–Crippen MR) is 76.4 cm³/mol. The Kier molecular flexibility index (Phi) is 3.79. The monoisotopic (exact) mass is 336 g/mol. The second kappa shape index (κ2) is 5.72. The van der Waals surface area contributed by atoms with Gasteiger partial charge in [0.05, 0.1) is 6.04 Å². The van der Waals surface area contributed by atoms with Crippen molar-refractivity contribution < 1.29 is 9.32 Å². The number of hydrogen-bond acceptors (Lipinski definition) is 5. The van der Waals surface area contributed by atoms with Gasteiger partial charge in [-0.05, 0) is 43.7 Å². The van der Waals surface area contributed by atoms with Gasteiger partial charge in [-0.2, -0.15) is 4.98 Å². The maximum absolute atomic E-state index is 12.0. The highest BCUT2D eigenvalue weighted by atomic mass is 79.9. The van der Waals surface area contributed by atoms with Gasteiger partial charge in [0.25, 0.3) is 11.7 Å². The van der Waals surface area contributed by atoms with Gasteiger partial charge in [0.1, 0.15) is 0 Å². The number of benzene rings is 1. The number of nitrogens with zero attached hydrogens (tertiary/aromatic N) is 2. The molecule has 6 nitrogen and oxygen atoms in total. The number of aromatic nitrogens is 2. The van der Waals surface area contributed by atoms with Gasteiger partial charge >= 0.3 is 0 Å². The van der Waals surface area contributed by atoms with E-state index in [-0.39, 0.29) is 17.8 Å². The van der Waals surface area contributed by atoms with E-state index in [1.807, 2.05) is 12.1 Å². The van der Waals surface area contributed by atoms with Crippen molar-refractivity contribution >= 4 is 27.5 Å². The van der Waals surface area contributed by atoms with Crippen LogP contribution in [0.1, 0.15) is 35.4 Å². The molecule has 3 rings (SSSR count). The SMILES string of the molecule is O=C(Nc1ccc(Br)cc1)c1noc(C2CCCN2)n1. The van der Waals surface area contributed by atoms with Crippen molar-refractivity contribution in [3.8, 4) is 0 Å². The van der Waals surface area contributed by atoms with Crippen molar-refractivity contribution in [2.45, 2.75) is 18.9 Å². The smallest absolute Gasteiger partial charge is 0.297 e. The van der Waals surface area contributed by atoms with Gasteiger partial charge in [0.2, 0.25) is 5.89 Å². The van der Waals surface area contributed by atoms with E-state index in [2.05, 4.69) is 36.7 Å². The van der Waals surface area contributed by atoms with E-state index >= 15 is 0 Å². The zero-order valence-corrected chi connectivity index (χ0v) is 12.2. The van der Waals surface area contributed by atoms with E-state index in [4.69, 9.17) is 4.52 Å². The summed E-state index contributed by atoms with van der Waals surface area (Å²) in [6, 6.07) is 7.35. The predicted octanol–water partition coefficient (Wildman–Crippen LogP) is 2.51. The van der Waals surface area contributed by atoms with Crippen LogP contribution in [0.2, 0.25) is 0 Å². The average Bonchev–Trinajstić information content (AvgIpc) is 3.11.